The van der Waals surface area contributed by atoms with E-state index in [-0.39, 0.29) is 17.1 Å². The van der Waals surface area contributed by atoms with Crippen molar-refractivity contribution in [1.29, 1.82) is 0 Å². The first-order valence-electron chi connectivity index (χ1n) is 10.2. The number of piperidine rings is 1. The quantitative estimate of drug-likeness (QED) is 0.306. The lowest BCUT2D eigenvalue weighted by molar-refractivity contribution is 0.205. The summed E-state index contributed by atoms with van der Waals surface area (Å²) < 4.78 is 20.3. The van der Waals surface area contributed by atoms with E-state index in [9.17, 15) is 9.60 Å². The number of benzene rings is 2. The van der Waals surface area contributed by atoms with Crippen LogP contribution < -0.4 is 4.74 Å². The highest BCUT2D eigenvalue weighted by Gasteiger charge is 2.14. The van der Waals surface area contributed by atoms with E-state index in [1.165, 1.54) is 38.4 Å². The van der Waals surface area contributed by atoms with Gasteiger partial charge in [-0.15, -0.1) is 0 Å². The fourth-order valence-corrected chi connectivity index (χ4v) is 3.63. The lowest BCUT2D eigenvalue weighted by Crippen LogP contribution is -2.31. The fraction of sp³-hybridized carbons (Fsp3) is 0.435. The Labute approximate surface area is 166 Å². The van der Waals surface area contributed by atoms with Crippen molar-refractivity contribution in [2.45, 2.75) is 39.0 Å². The van der Waals surface area contributed by atoms with Gasteiger partial charge in [0, 0.05) is 17.7 Å². The molecule has 0 aliphatic carbocycles. The largest absolute Gasteiger partial charge is 0.494 e. The number of likely N-dealkylation sites (tertiary alicyclic amines) is 1. The molecule has 1 heterocycles. The summed E-state index contributed by atoms with van der Waals surface area (Å²) in [6, 6.07) is 12.3. The van der Waals surface area contributed by atoms with Crippen molar-refractivity contribution in [2.75, 3.05) is 26.2 Å². The summed E-state index contributed by atoms with van der Waals surface area (Å²) in [5.41, 5.74) is 2.02. The van der Waals surface area contributed by atoms with Crippen molar-refractivity contribution in [1.82, 2.24) is 4.90 Å². The molecule has 3 rings (SSSR count). The normalized spacial score (nSPS) is 15.6. The van der Waals surface area contributed by atoms with Crippen LogP contribution in [0.4, 0.5) is 4.39 Å². The third kappa shape index (κ3) is 5.32. The second-order valence-corrected chi connectivity index (χ2v) is 7.25. The monoisotopic (exact) mass is 384 g/mol. The lowest BCUT2D eigenvalue weighted by Gasteiger charge is -2.26. The molecule has 1 fully saturated rings. The van der Waals surface area contributed by atoms with E-state index in [1.54, 1.807) is 18.2 Å². The van der Waals surface area contributed by atoms with E-state index in [1.807, 2.05) is 25.1 Å². The molecule has 0 spiro atoms. The molecular formula is C23H29FN2O2. The van der Waals surface area contributed by atoms with Gasteiger partial charge < -0.3 is 14.8 Å². The molecule has 150 valence electrons. The van der Waals surface area contributed by atoms with E-state index in [2.05, 4.69) is 10.1 Å². The number of hydrogen-bond acceptors (Lipinski definition) is 4. The Kier molecular flexibility index (Phi) is 7.43. The maximum absolute atomic E-state index is 14.5. The van der Waals surface area contributed by atoms with Gasteiger partial charge in [-0.25, -0.2) is 4.39 Å². The smallest absolute Gasteiger partial charge is 0.133 e. The van der Waals surface area contributed by atoms with E-state index < -0.39 is 0 Å². The number of halogens is 1. The van der Waals surface area contributed by atoms with Gasteiger partial charge in [0.05, 0.1) is 6.61 Å². The minimum Gasteiger partial charge on any atom is -0.494 e. The maximum Gasteiger partial charge on any atom is 0.133 e. The fourth-order valence-electron chi connectivity index (χ4n) is 3.63. The minimum absolute atomic E-state index is 0.207. The van der Waals surface area contributed by atoms with Gasteiger partial charge in [-0.05, 0) is 68.6 Å². The second kappa shape index (κ2) is 10.2. The van der Waals surface area contributed by atoms with Gasteiger partial charge in [-0.3, -0.25) is 0 Å². The average Bonchev–Trinajstić information content (AvgIpc) is 2.74. The number of aryl methyl sites for hydroxylation is 1. The highest BCUT2D eigenvalue weighted by Crippen LogP contribution is 2.20. The van der Waals surface area contributed by atoms with Crippen LogP contribution in [0.5, 0.6) is 5.75 Å². The predicted octanol–water partition coefficient (Wildman–Crippen LogP) is 4.87. The number of nitrogens with zero attached hydrogens (tertiary/aromatic N) is 2. The second-order valence-electron chi connectivity index (χ2n) is 7.25. The predicted molar refractivity (Wildman–Crippen MR) is 110 cm³/mol. The highest BCUT2D eigenvalue weighted by molar-refractivity contribution is 6.12. The summed E-state index contributed by atoms with van der Waals surface area (Å²) >= 11 is 0. The molecule has 1 N–H and O–H groups in total. The van der Waals surface area contributed by atoms with E-state index in [4.69, 9.17) is 4.74 Å². The zero-order valence-corrected chi connectivity index (χ0v) is 16.5. The van der Waals surface area contributed by atoms with Gasteiger partial charge in [0.2, 0.25) is 0 Å². The van der Waals surface area contributed by atoms with Gasteiger partial charge in [0.25, 0.3) is 0 Å². The number of rotatable bonds is 8. The minimum atomic E-state index is -0.389. The molecule has 1 aliphatic rings. The Morgan fingerprint density at radius 1 is 1.14 bits per heavy atom. The van der Waals surface area contributed by atoms with Crippen LogP contribution in [0.25, 0.3) is 0 Å². The Bertz CT molecular complexity index is 801. The molecule has 4 nitrogen and oxygen atoms in total. The van der Waals surface area contributed by atoms with Crippen LogP contribution in [-0.2, 0) is 6.42 Å². The van der Waals surface area contributed by atoms with Crippen LogP contribution in [0.2, 0.25) is 0 Å². The van der Waals surface area contributed by atoms with E-state index in [0.717, 1.165) is 24.9 Å². The van der Waals surface area contributed by atoms with Crippen molar-refractivity contribution in [3.63, 3.8) is 0 Å². The summed E-state index contributed by atoms with van der Waals surface area (Å²) in [5.74, 6) is 0.308. The van der Waals surface area contributed by atoms with Crippen molar-refractivity contribution >= 4 is 5.71 Å². The first kappa shape index (κ1) is 20.3. The molecule has 28 heavy (non-hydrogen) atoms. The molecule has 5 heteroatoms. The van der Waals surface area contributed by atoms with Gasteiger partial charge in [0.15, 0.2) is 0 Å². The Hall–Kier alpha value is -2.40. The van der Waals surface area contributed by atoms with Crippen LogP contribution in [0, 0.1) is 5.82 Å². The summed E-state index contributed by atoms with van der Waals surface area (Å²) in [4.78, 5) is 2.49. The zero-order valence-electron chi connectivity index (χ0n) is 16.5. The van der Waals surface area contributed by atoms with Crippen molar-refractivity contribution < 1.29 is 14.3 Å². The Balaban J connectivity index is 1.62. The van der Waals surface area contributed by atoms with Crippen LogP contribution in [-0.4, -0.2) is 42.1 Å². The summed E-state index contributed by atoms with van der Waals surface area (Å²) in [6.07, 6.45) is 5.65. The Morgan fingerprint density at radius 2 is 1.96 bits per heavy atom. The number of oxime groups is 1. The molecule has 2 aromatic rings. The molecule has 2 aromatic carbocycles. The van der Waals surface area contributed by atoms with Crippen LogP contribution in [0.1, 0.15) is 49.3 Å². The summed E-state index contributed by atoms with van der Waals surface area (Å²) in [6.45, 7) is 6.03. The standard InChI is InChI=1S/C23H29FN2O2/c1-2-18-10-11-21(22(24)16-18)23(25-27)19-8-6-9-20(17-19)28-15-7-14-26-12-4-3-5-13-26/h6,8-11,16-17,27H,2-5,7,12-15H2,1H3/b25-23+. The number of hydrogen-bond donors (Lipinski definition) is 1. The average molecular weight is 384 g/mol. The molecule has 0 unspecified atom stereocenters. The van der Waals surface area contributed by atoms with Crippen LogP contribution >= 0.6 is 0 Å². The number of ether oxygens (including phenoxy) is 1. The summed E-state index contributed by atoms with van der Waals surface area (Å²) in [7, 11) is 0. The lowest BCUT2D eigenvalue weighted by atomic mass is 9.99. The van der Waals surface area contributed by atoms with Crippen molar-refractivity contribution in [2.24, 2.45) is 5.16 Å². The molecule has 0 bridgehead atoms. The Morgan fingerprint density at radius 3 is 2.68 bits per heavy atom. The third-order valence-electron chi connectivity index (χ3n) is 5.24. The molecule has 0 amide bonds. The first-order chi connectivity index (χ1) is 13.7. The molecule has 0 aromatic heterocycles. The van der Waals surface area contributed by atoms with Crippen molar-refractivity contribution in [3.8, 4) is 5.75 Å². The SMILES string of the molecule is CCc1ccc(/C(=N/O)c2cccc(OCCCN3CCCCC3)c2)c(F)c1. The van der Waals surface area contributed by atoms with Gasteiger partial charge in [-0.2, -0.15) is 0 Å². The topological polar surface area (TPSA) is 45.1 Å². The zero-order chi connectivity index (χ0) is 19.8. The van der Waals surface area contributed by atoms with Crippen LogP contribution in [0.15, 0.2) is 47.6 Å². The molecule has 1 saturated heterocycles. The van der Waals surface area contributed by atoms with Gasteiger partial charge in [0.1, 0.15) is 17.3 Å². The van der Waals surface area contributed by atoms with Crippen molar-refractivity contribution in [3.05, 3.63) is 65.0 Å². The van der Waals surface area contributed by atoms with E-state index in [0.29, 0.717) is 17.9 Å². The van der Waals surface area contributed by atoms with Gasteiger partial charge in [-0.1, -0.05) is 36.7 Å². The molecule has 1 aliphatic heterocycles. The molecule has 0 radical (unpaired) electrons. The molecule has 0 saturated carbocycles. The molecular weight excluding hydrogens is 355 g/mol. The van der Waals surface area contributed by atoms with Crippen LogP contribution in [0.3, 0.4) is 0 Å². The van der Waals surface area contributed by atoms with Gasteiger partial charge >= 0.3 is 0 Å². The first-order valence-corrected chi connectivity index (χ1v) is 10.2. The third-order valence-corrected chi connectivity index (χ3v) is 5.24. The molecule has 0 atom stereocenters. The van der Waals surface area contributed by atoms with E-state index >= 15 is 0 Å². The summed E-state index contributed by atoms with van der Waals surface area (Å²) in [5, 5.41) is 12.9. The maximum atomic E-state index is 14.5. The highest BCUT2D eigenvalue weighted by atomic mass is 19.1.